The van der Waals surface area contributed by atoms with Crippen LogP contribution in [0.5, 0.6) is 0 Å². The van der Waals surface area contributed by atoms with Crippen LogP contribution in [0.2, 0.25) is 0 Å². The van der Waals surface area contributed by atoms with Crippen LogP contribution in [0.3, 0.4) is 0 Å². The molecule has 90 valence electrons. The Hall–Kier alpha value is -1.50. The Bertz CT molecular complexity index is 522. The van der Waals surface area contributed by atoms with Gasteiger partial charge in [-0.3, -0.25) is 0 Å². The van der Waals surface area contributed by atoms with Gasteiger partial charge < -0.3 is 0 Å². The first-order valence-electron chi connectivity index (χ1n) is 4.65. The summed E-state index contributed by atoms with van der Waals surface area (Å²) in [5, 5.41) is 7.99. The van der Waals surface area contributed by atoms with Crippen LogP contribution in [0.1, 0.15) is 5.56 Å². The minimum absolute atomic E-state index is 0.0206. The molecule has 0 aliphatic heterocycles. The molecule has 0 fully saturated rings. The van der Waals surface area contributed by atoms with Crippen molar-refractivity contribution in [3.05, 3.63) is 36.0 Å². The molecule has 0 saturated carbocycles. The highest BCUT2D eigenvalue weighted by atomic mass is 32.2. The second-order valence-corrected chi connectivity index (χ2v) is 4.05. The Kier molecular flexibility index (Phi) is 3.10. The number of alkyl halides is 3. The number of benzene rings is 1. The average molecular weight is 259 g/mol. The predicted molar refractivity (Wildman–Crippen MR) is 58.1 cm³/mol. The molecule has 0 aliphatic rings. The van der Waals surface area contributed by atoms with Gasteiger partial charge in [-0.05, 0) is 18.4 Å². The maximum atomic E-state index is 12.8. The first-order valence-corrected chi connectivity index (χ1v) is 5.88. The molecule has 7 heteroatoms. The summed E-state index contributed by atoms with van der Waals surface area (Å²) in [5.41, 5.74) is -0.745. The minimum Gasteiger partial charge on any atom is -0.219 e. The fourth-order valence-corrected chi connectivity index (χ4v) is 1.70. The van der Waals surface area contributed by atoms with E-state index in [2.05, 4.69) is 10.3 Å². The van der Waals surface area contributed by atoms with Gasteiger partial charge in [0.2, 0.25) is 0 Å². The zero-order chi connectivity index (χ0) is 12.5. The molecule has 0 saturated heterocycles. The van der Waals surface area contributed by atoms with E-state index in [0.717, 1.165) is 10.7 Å². The van der Waals surface area contributed by atoms with Crippen molar-refractivity contribution >= 4 is 11.8 Å². The lowest BCUT2D eigenvalue weighted by Gasteiger charge is -2.11. The van der Waals surface area contributed by atoms with E-state index in [9.17, 15) is 13.2 Å². The van der Waals surface area contributed by atoms with Gasteiger partial charge in [-0.2, -0.15) is 13.2 Å². The SMILES string of the molecule is CSc1cn(-c2ccccc2C(F)(F)F)nn1. The van der Waals surface area contributed by atoms with Gasteiger partial charge in [-0.1, -0.05) is 17.3 Å². The van der Waals surface area contributed by atoms with E-state index in [0.29, 0.717) is 5.03 Å². The number of nitrogens with zero attached hydrogens (tertiary/aromatic N) is 3. The van der Waals surface area contributed by atoms with E-state index in [4.69, 9.17) is 0 Å². The lowest BCUT2D eigenvalue weighted by atomic mass is 10.2. The summed E-state index contributed by atoms with van der Waals surface area (Å²) < 4.78 is 39.4. The van der Waals surface area contributed by atoms with E-state index >= 15 is 0 Å². The van der Waals surface area contributed by atoms with Crippen LogP contribution in [0, 0.1) is 0 Å². The zero-order valence-corrected chi connectivity index (χ0v) is 9.59. The van der Waals surface area contributed by atoms with Gasteiger partial charge in [0.25, 0.3) is 0 Å². The predicted octanol–water partition coefficient (Wildman–Crippen LogP) is 3.01. The normalized spacial score (nSPS) is 11.8. The van der Waals surface area contributed by atoms with E-state index in [1.165, 1.54) is 36.2 Å². The van der Waals surface area contributed by atoms with Crippen molar-refractivity contribution < 1.29 is 13.2 Å². The monoisotopic (exact) mass is 259 g/mol. The molecule has 0 aliphatic carbocycles. The van der Waals surface area contributed by atoms with Gasteiger partial charge in [0, 0.05) is 0 Å². The Morgan fingerprint density at radius 2 is 1.94 bits per heavy atom. The van der Waals surface area contributed by atoms with Crippen molar-refractivity contribution in [2.45, 2.75) is 11.2 Å². The molecular formula is C10H8F3N3S. The highest BCUT2D eigenvalue weighted by molar-refractivity contribution is 7.98. The summed E-state index contributed by atoms with van der Waals surface area (Å²) in [5.74, 6) is 0. The topological polar surface area (TPSA) is 30.7 Å². The summed E-state index contributed by atoms with van der Waals surface area (Å²) in [6, 6.07) is 5.27. The highest BCUT2D eigenvalue weighted by Crippen LogP contribution is 2.33. The maximum Gasteiger partial charge on any atom is 0.418 e. The maximum absolute atomic E-state index is 12.8. The molecule has 1 heterocycles. The Morgan fingerprint density at radius 3 is 2.53 bits per heavy atom. The second kappa shape index (κ2) is 4.40. The molecule has 0 amide bonds. The van der Waals surface area contributed by atoms with Crippen molar-refractivity contribution in [2.24, 2.45) is 0 Å². The summed E-state index contributed by atoms with van der Waals surface area (Å²) in [4.78, 5) is 0. The van der Waals surface area contributed by atoms with Gasteiger partial charge in [0.15, 0.2) is 0 Å². The smallest absolute Gasteiger partial charge is 0.219 e. The summed E-state index contributed by atoms with van der Waals surface area (Å²) in [7, 11) is 0. The van der Waals surface area contributed by atoms with Gasteiger partial charge >= 0.3 is 6.18 Å². The number of para-hydroxylation sites is 1. The van der Waals surface area contributed by atoms with Crippen molar-refractivity contribution in [3.8, 4) is 5.69 Å². The molecule has 2 rings (SSSR count). The fourth-order valence-electron chi connectivity index (χ4n) is 1.37. The van der Waals surface area contributed by atoms with Gasteiger partial charge in [-0.15, -0.1) is 16.9 Å². The van der Waals surface area contributed by atoms with E-state index in [-0.39, 0.29) is 5.69 Å². The molecule has 0 spiro atoms. The lowest BCUT2D eigenvalue weighted by Crippen LogP contribution is -2.10. The van der Waals surface area contributed by atoms with E-state index in [1.54, 1.807) is 6.26 Å². The minimum atomic E-state index is -4.40. The van der Waals surface area contributed by atoms with Crippen LogP contribution in [0.25, 0.3) is 5.69 Å². The number of aromatic nitrogens is 3. The molecule has 0 bridgehead atoms. The summed E-state index contributed by atoms with van der Waals surface area (Å²) >= 11 is 1.32. The molecule has 17 heavy (non-hydrogen) atoms. The van der Waals surface area contributed by atoms with Gasteiger partial charge in [0.05, 0.1) is 17.4 Å². The second-order valence-electron chi connectivity index (χ2n) is 3.22. The standard InChI is InChI=1S/C10H8F3N3S/c1-17-9-6-16(15-14-9)8-5-3-2-4-7(8)10(11,12)13/h2-6H,1H3. The highest BCUT2D eigenvalue weighted by Gasteiger charge is 2.33. The molecule has 3 nitrogen and oxygen atoms in total. The number of halogens is 3. The lowest BCUT2D eigenvalue weighted by molar-refractivity contribution is -0.137. The van der Waals surface area contributed by atoms with Crippen LogP contribution in [-0.4, -0.2) is 21.2 Å². The number of hydrogen-bond donors (Lipinski definition) is 0. The van der Waals surface area contributed by atoms with Crippen molar-refractivity contribution in [3.63, 3.8) is 0 Å². The number of thioether (sulfide) groups is 1. The third-order valence-corrected chi connectivity index (χ3v) is 2.74. The molecule has 1 aromatic heterocycles. The van der Waals surface area contributed by atoms with Crippen LogP contribution in [0.4, 0.5) is 13.2 Å². The third kappa shape index (κ3) is 2.44. The summed E-state index contributed by atoms with van der Waals surface area (Å²) in [6.07, 6.45) is -1.15. The first-order chi connectivity index (χ1) is 8.02. The molecule has 0 atom stereocenters. The van der Waals surface area contributed by atoms with E-state index in [1.807, 2.05) is 0 Å². The molecule has 0 unspecified atom stereocenters. The Morgan fingerprint density at radius 1 is 1.24 bits per heavy atom. The quantitative estimate of drug-likeness (QED) is 0.777. The third-order valence-electron chi connectivity index (χ3n) is 2.14. The van der Waals surface area contributed by atoms with Crippen molar-refractivity contribution in [1.29, 1.82) is 0 Å². The molecular weight excluding hydrogens is 251 g/mol. The van der Waals surface area contributed by atoms with Crippen LogP contribution in [0.15, 0.2) is 35.5 Å². The fraction of sp³-hybridized carbons (Fsp3) is 0.200. The summed E-state index contributed by atoms with van der Waals surface area (Å²) in [6.45, 7) is 0. The zero-order valence-electron chi connectivity index (χ0n) is 8.77. The molecule has 1 aromatic carbocycles. The van der Waals surface area contributed by atoms with E-state index < -0.39 is 11.7 Å². The van der Waals surface area contributed by atoms with Gasteiger partial charge in [0.1, 0.15) is 5.03 Å². The molecule has 2 aromatic rings. The number of hydrogen-bond acceptors (Lipinski definition) is 3. The van der Waals surface area contributed by atoms with Gasteiger partial charge in [-0.25, -0.2) is 4.68 Å². The number of rotatable bonds is 2. The van der Waals surface area contributed by atoms with Crippen molar-refractivity contribution in [1.82, 2.24) is 15.0 Å². The van der Waals surface area contributed by atoms with Crippen LogP contribution in [-0.2, 0) is 6.18 Å². The van der Waals surface area contributed by atoms with Crippen molar-refractivity contribution in [2.75, 3.05) is 6.26 Å². The Labute approximate surface area is 99.6 Å². The Balaban J connectivity index is 2.52. The van der Waals surface area contributed by atoms with Crippen LogP contribution >= 0.6 is 11.8 Å². The molecule has 0 N–H and O–H groups in total. The van der Waals surface area contributed by atoms with Crippen LogP contribution < -0.4 is 0 Å². The molecule has 0 radical (unpaired) electrons. The largest absolute Gasteiger partial charge is 0.418 e. The first kappa shape index (κ1) is 12.0. The average Bonchev–Trinajstić information content (AvgIpc) is 2.76.